The second kappa shape index (κ2) is 6.06. The van der Waals surface area contributed by atoms with E-state index in [9.17, 15) is 5.11 Å². The molecule has 1 rings (SSSR count). The van der Waals surface area contributed by atoms with Crippen LogP contribution >= 0.6 is 11.8 Å². The smallest absolute Gasteiger partial charge is 0.0570 e. The van der Waals surface area contributed by atoms with Crippen molar-refractivity contribution in [3.8, 4) is 0 Å². The summed E-state index contributed by atoms with van der Waals surface area (Å²) in [6.45, 7) is 1.75. The molecule has 0 bridgehead atoms. The van der Waals surface area contributed by atoms with Gasteiger partial charge in [-0.05, 0) is 19.1 Å². The summed E-state index contributed by atoms with van der Waals surface area (Å²) in [5.41, 5.74) is 0. The second-order valence-corrected chi connectivity index (χ2v) is 4.40. The average molecular weight is 212 g/mol. The zero-order valence-corrected chi connectivity index (χ0v) is 9.07. The van der Waals surface area contributed by atoms with Crippen molar-refractivity contribution in [1.82, 2.24) is 0 Å². The Morgan fingerprint density at radius 2 is 1.93 bits per heavy atom. The van der Waals surface area contributed by atoms with Gasteiger partial charge in [0.15, 0.2) is 0 Å². The zero-order valence-electron chi connectivity index (χ0n) is 8.26. The Balaban J connectivity index is 2.40. The van der Waals surface area contributed by atoms with E-state index in [1.54, 1.807) is 18.7 Å². The molecule has 3 heteroatoms. The molecular weight excluding hydrogens is 196 g/mol. The summed E-state index contributed by atoms with van der Waals surface area (Å²) in [7, 11) is 0. The normalized spacial score (nSPS) is 15.1. The number of aliphatic hydroxyl groups excluding tert-OH is 2. The maximum atomic E-state index is 9.32. The molecule has 2 nitrogen and oxygen atoms in total. The van der Waals surface area contributed by atoms with Gasteiger partial charge in [-0.2, -0.15) is 0 Å². The number of rotatable bonds is 5. The molecular formula is C11H16O2S. The van der Waals surface area contributed by atoms with Crippen molar-refractivity contribution in [2.75, 3.05) is 12.4 Å². The van der Waals surface area contributed by atoms with E-state index in [1.807, 2.05) is 30.3 Å². The Labute approximate surface area is 89.0 Å². The van der Waals surface area contributed by atoms with Crippen molar-refractivity contribution in [1.29, 1.82) is 0 Å². The van der Waals surface area contributed by atoms with Gasteiger partial charge in [-0.3, -0.25) is 0 Å². The highest BCUT2D eigenvalue weighted by molar-refractivity contribution is 7.99. The zero-order chi connectivity index (χ0) is 10.4. The van der Waals surface area contributed by atoms with Gasteiger partial charge < -0.3 is 10.2 Å². The van der Waals surface area contributed by atoms with Crippen LogP contribution in [0.15, 0.2) is 35.2 Å². The average Bonchev–Trinajstić information content (AvgIpc) is 2.20. The van der Waals surface area contributed by atoms with Crippen LogP contribution in [0, 0.1) is 5.92 Å². The topological polar surface area (TPSA) is 40.5 Å². The quantitative estimate of drug-likeness (QED) is 0.731. The van der Waals surface area contributed by atoms with E-state index in [4.69, 9.17) is 5.11 Å². The minimum absolute atomic E-state index is 0.0392. The first kappa shape index (κ1) is 11.6. The van der Waals surface area contributed by atoms with Crippen LogP contribution < -0.4 is 0 Å². The Morgan fingerprint density at radius 1 is 1.29 bits per heavy atom. The number of hydrogen-bond acceptors (Lipinski definition) is 3. The van der Waals surface area contributed by atoms with Crippen molar-refractivity contribution in [2.45, 2.75) is 17.9 Å². The Kier molecular flexibility index (Phi) is 5.01. The summed E-state index contributed by atoms with van der Waals surface area (Å²) in [6.07, 6.45) is -0.448. The molecule has 2 N–H and O–H groups in total. The third kappa shape index (κ3) is 3.70. The molecule has 2 atom stereocenters. The molecule has 0 spiro atoms. The fourth-order valence-corrected chi connectivity index (χ4v) is 2.20. The first-order valence-corrected chi connectivity index (χ1v) is 5.69. The van der Waals surface area contributed by atoms with Gasteiger partial charge in [0.05, 0.1) is 6.10 Å². The summed E-state index contributed by atoms with van der Waals surface area (Å²) < 4.78 is 0. The molecule has 1 aromatic carbocycles. The third-order valence-corrected chi connectivity index (χ3v) is 3.32. The summed E-state index contributed by atoms with van der Waals surface area (Å²) in [4.78, 5) is 1.17. The third-order valence-electron chi connectivity index (χ3n) is 2.12. The molecule has 0 aromatic heterocycles. The molecule has 0 saturated carbocycles. The van der Waals surface area contributed by atoms with Gasteiger partial charge >= 0.3 is 0 Å². The summed E-state index contributed by atoms with van der Waals surface area (Å²) in [5, 5.41) is 18.3. The fourth-order valence-electron chi connectivity index (χ4n) is 1.06. The lowest BCUT2D eigenvalue weighted by atomic mass is 10.1. The minimum atomic E-state index is -0.448. The molecule has 0 aliphatic carbocycles. The van der Waals surface area contributed by atoms with E-state index < -0.39 is 6.10 Å². The molecule has 14 heavy (non-hydrogen) atoms. The highest BCUT2D eigenvalue weighted by atomic mass is 32.2. The molecule has 78 valence electrons. The molecule has 0 aliphatic rings. The molecule has 0 aliphatic heterocycles. The maximum absolute atomic E-state index is 9.32. The van der Waals surface area contributed by atoms with Crippen molar-refractivity contribution >= 4 is 11.8 Å². The highest BCUT2D eigenvalue weighted by Crippen LogP contribution is 2.21. The van der Waals surface area contributed by atoms with E-state index in [0.29, 0.717) is 0 Å². The maximum Gasteiger partial charge on any atom is 0.0570 e. The van der Waals surface area contributed by atoms with Crippen LogP contribution in [0.1, 0.15) is 6.92 Å². The monoisotopic (exact) mass is 212 g/mol. The minimum Gasteiger partial charge on any atom is -0.396 e. The standard InChI is InChI=1S/C11H16O2S/c1-9(13)10(7-12)8-14-11-5-3-2-4-6-11/h2-6,9-10,12-13H,7-8H2,1H3/t9-,10?/m1/s1. The lowest BCUT2D eigenvalue weighted by Crippen LogP contribution is -2.22. The van der Waals surface area contributed by atoms with Gasteiger partial charge in [0, 0.05) is 23.2 Å². The summed E-state index contributed by atoms with van der Waals surface area (Å²) in [6, 6.07) is 10.0. The van der Waals surface area contributed by atoms with Crippen molar-refractivity contribution < 1.29 is 10.2 Å². The van der Waals surface area contributed by atoms with Crippen LogP contribution in [0.5, 0.6) is 0 Å². The van der Waals surface area contributed by atoms with Crippen LogP contribution in [0.4, 0.5) is 0 Å². The summed E-state index contributed by atoms with van der Waals surface area (Å²) >= 11 is 1.66. The molecule has 1 unspecified atom stereocenters. The van der Waals surface area contributed by atoms with Crippen molar-refractivity contribution in [3.05, 3.63) is 30.3 Å². The fraction of sp³-hybridized carbons (Fsp3) is 0.455. The van der Waals surface area contributed by atoms with Crippen LogP contribution in [-0.4, -0.2) is 28.7 Å². The molecule has 0 radical (unpaired) electrons. The number of aliphatic hydroxyl groups is 2. The molecule has 0 saturated heterocycles. The van der Waals surface area contributed by atoms with Crippen LogP contribution in [0.25, 0.3) is 0 Å². The Hall–Kier alpha value is -0.510. The first-order valence-electron chi connectivity index (χ1n) is 4.71. The summed E-state index contributed by atoms with van der Waals surface area (Å²) in [5.74, 6) is 0.707. The van der Waals surface area contributed by atoms with Gasteiger partial charge in [0.2, 0.25) is 0 Å². The predicted octanol–water partition coefficient (Wildman–Crippen LogP) is 1.77. The molecule has 1 aromatic rings. The van der Waals surface area contributed by atoms with Crippen LogP contribution in [0.2, 0.25) is 0 Å². The Morgan fingerprint density at radius 3 is 2.43 bits per heavy atom. The molecule has 0 fully saturated rings. The van der Waals surface area contributed by atoms with Crippen LogP contribution in [-0.2, 0) is 0 Å². The van der Waals surface area contributed by atoms with E-state index in [0.717, 1.165) is 5.75 Å². The van der Waals surface area contributed by atoms with Crippen LogP contribution in [0.3, 0.4) is 0 Å². The van der Waals surface area contributed by atoms with E-state index in [2.05, 4.69) is 0 Å². The highest BCUT2D eigenvalue weighted by Gasteiger charge is 2.13. The van der Waals surface area contributed by atoms with Crippen molar-refractivity contribution in [2.24, 2.45) is 5.92 Å². The first-order chi connectivity index (χ1) is 6.74. The largest absolute Gasteiger partial charge is 0.396 e. The predicted molar refractivity (Wildman–Crippen MR) is 59.4 cm³/mol. The van der Waals surface area contributed by atoms with Gasteiger partial charge in [0.1, 0.15) is 0 Å². The molecule has 0 amide bonds. The van der Waals surface area contributed by atoms with Gasteiger partial charge in [-0.1, -0.05) is 18.2 Å². The second-order valence-electron chi connectivity index (χ2n) is 3.31. The van der Waals surface area contributed by atoms with E-state index in [1.165, 1.54) is 4.90 Å². The SMILES string of the molecule is C[C@@H](O)C(CO)CSc1ccccc1. The van der Waals surface area contributed by atoms with Gasteiger partial charge in [-0.15, -0.1) is 11.8 Å². The van der Waals surface area contributed by atoms with E-state index in [-0.39, 0.29) is 12.5 Å². The van der Waals surface area contributed by atoms with Gasteiger partial charge in [-0.25, -0.2) is 0 Å². The lowest BCUT2D eigenvalue weighted by molar-refractivity contribution is 0.0939. The number of hydrogen-bond donors (Lipinski definition) is 2. The lowest BCUT2D eigenvalue weighted by Gasteiger charge is -2.16. The number of benzene rings is 1. The van der Waals surface area contributed by atoms with Gasteiger partial charge in [0.25, 0.3) is 0 Å². The van der Waals surface area contributed by atoms with E-state index >= 15 is 0 Å². The molecule has 0 heterocycles. The Bertz CT molecular complexity index is 249. The number of thioether (sulfide) groups is 1. The van der Waals surface area contributed by atoms with Crippen molar-refractivity contribution in [3.63, 3.8) is 0 Å².